The molecule has 6 heteroatoms. The van der Waals surface area contributed by atoms with Crippen molar-refractivity contribution in [3.8, 4) is 0 Å². The predicted molar refractivity (Wildman–Crippen MR) is 110 cm³/mol. The van der Waals surface area contributed by atoms with E-state index >= 15 is 0 Å². The maximum atomic E-state index is 13.1. The maximum absolute atomic E-state index is 13.1. The molecule has 1 aliphatic carbocycles. The second-order valence-corrected chi connectivity index (χ2v) is 10.2. The fourth-order valence-electron chi connectivity index (χ4n) is 4.20. The topological polar surface area (TPSA) is 57.7 Å². The van der Waals surface area contributed by atoms with E-state index in [9.17, 15) is 13.2 Å². The van der Waals surface area contributed by atoms with Gasteiger partial charge in [0.2, 0.25) is 15.9 Å². The smallest absolute Gasteiger partial charge is 0.243 e. The minimum absolute atomic E-state index is 0.0748. The predicted octanol–water partition coefficient (Wildman–Crippen LogP) is 3.50. The molecule has 1 saturated heterocycles. The zero-order valence-electron chi connectivity index (χ0n) is 16.5. The third-order valence-electron chi connectivity index (χ3n) is 6.42. The number of rotatable bonds is 5. The number of amides is 1. The van der Waals surface area contributed by atoms with Gasteiger partial charge in [-0.1, -0.05) is 30.3 Å². The summed E-state index contributed by atoms with van der Waals surface area (Å²) in [5.74, 6) is 0.735. The molecule has 5 nitrogen and oxygen atoms in total. The summed E-state index contributed by atoms with van der Waals surface area (Å²) in [7, 11) is -1.64. The van der Waals surface area contributed by atoms with Crippen molar-refractivity contribution in [1.82, 2.24) is 9.21 Å². The maximum Gasteiger partial charge on any atom is 0.243 e. The van der Waals surface area contributed by atoms with Gasteiger partial charge in [-0.2, -0.15) is 4.31 Å². The lowest BCUT2D eigenvalue weighted by atomic mass is 9.96. The van der Waals surface area contributed by atoms with E-state index in [0.717, 1.165) is 10.8 Å². The average Bonchev–Trinajstić information content (AvgIpc) is 3.57. The molecule has 2 aromatic rings. The summed E-state index contributed by atoms with van der Waals surface area (Å²) in [4.78, 5) is 15.0. The van der Waals surface area contributed by atoms with Crippen LogP contribution in [0.15, 0.2) is 47.4 Å². The largest absolute Gasteiger partial charge is 0.343 e. The van der Waals surface area contributed by atoms with Gasteiger partial charge in [-0.3, -0.25) is 4.79 Å². The first-order valence-corrected chi connectivity index (χ1v) is 11.6. The summed E-state index contributed by atoms with van der Waals surface area (Å²) in [5.41, 5.74) is 0. The lowest BCUT2D eigenvalue weighted by molar-refractivity contribution is -0.137. The molecule has 0 spiro atoms. The Morgan fingerprint density at radius 3 is 2.32 bits per heavy atom. The number of piperidine rings is 1. The number of carbonyl (C=O) groups excluding carboxylic acids is 1. The fourth-order valence-corrected chi connectivity index (χ4v) is 5.71. The number of sulfonamides is 1. The molecule has 2 aliphatic rings. The second kappa shape index (κ2) is 7.48. The molecule has 1 heterocycles. The molecule has 0 radical (unpaired) electrons. The Hall–Kier alpha value is -1.92. The third-order valence-corrected chi connectivity index (χ3v) is 8.32. The molecular formula is C22H28N2O3S. The number of fused-ring (bicyclic) bond motifs is 1. The van der Waals surface area contributed by atoms with Crippen LogP contribution in [0.1, 0.15) is 32.6 Å². The molecule has 1 amide bonds. The number of benzene rings is 2. The van der Waals surface area contributed by atoms with Crippen LogP contribution in [0.2, 0.25) is 0 Å². The molecular weight excluding hydrogens is 372 g/mol. The number of nitrogens with zero attached hydrogens (tertiary/aromatic N) is 2. The number of carbonyl (C=O) groups is 1. The average molecular weight is 401 g/mol. The number of hydrogen-bond acceptors (Lipinski definition) is 3. The molecule has 2 fully saturated rings. The van der Waals surface area contributed by atoms with Crippen LogP contribution in [0.5, 0.6) is 0 Å². The first-order chi connectivity index (χ1) is 13.4. The van der Waals surface area contributed by atoms with E-state index < -0.39 is 10.0 Å². The third kappa shape index (κ3) is 3.67. The summed E-state index contributed by atoms with van der Waals surface area (Å²) < 4.78 is 27.7. The van der Waals surface area contributed by atoms with Crippen LogP contribution in [0.25, 0.3) is 10.8 Å². The Morgan fingerprint density at radius 1 is 1.04 bits per heavy atom. The summed E-state index contributed by atoms with van der Waals surface area (Å²) in [6, 6.07) is 13.3. The van der Waals surface area contributed by atoms with E-state index in [1.54, 1.807) is 12.1 Å². The molecule has 1 atom stereocenters. The van der Waals surface area contributed by atoms with Crippen LogP contribution >= 0.6 is 0 Å². The highest BCUT2D eigenvalue weighted by Crippen LogP contribution is 2.36. The van der Waals surface area contributed by atoms with Crippen molar-refractivity contribution in [2.24, 2.45) is 11.8 Å². The van der Waals surface area contributed by atoms with Crippen molar-refractivity contribution in [3.63, 3.8) is 0 Å². The summed E-state index contributed by atoms with van der Waals surface area (Å²) >= 11 is 0. The summed E-state index contributed by atoms with van der Waals surface area (Å²) in [6.45, 7) is 2.92. The van der Waals surface area contributed by atoms with E-state index in [1.807, 2.05) is 42.3 Å². The zero-order chi connectivity index (χ0) is 19.9. The van der Waals surface area contributed by atoms with Crippen LogP contribution in [-0.4, -0.2) is 49.7 Å². The molecule has 1 unspecified atom stereocenters. The van der Waals surface area contributed by atoms with Crippen molar-refractivity contribution < 1.29 is 13.2 Å². The second-order valence-electron chi connectivity index (χ2n) is 8.21. The molecule has 2 aromatic carbocycles. The molecule has 4 rings (SSSR count). The van der Waals surface area contributed by atoms with E-state index in [0.29, 0.717) is 36.7 Å². The zero-order valence-corrected chi connectivity index (χ0v) is 17.4. The van der Waals surface area contributed by atoms with Gasteiger partial charge < -0.3 is 4.90 Å². The van der Waals surface area contributed by atoms with Gasteiger partial charge in [0.25, 0.3) is 0 Å². The highest BCUT2D eigenvalue weighted by molar-refractivity contribution is 7.89. The minimum Gasteiger partial charge on any atom is -0.343 e. The Kier molecular flexibility index (Phi) is 5.19. The quantitative estimate of drug-likeness (QED) is 0.772. The highest BCUT2D eigenvalue weighted by Gasteiger charge is 2.37. The molecule has 150 valence electrons. The van der Waals surface area contributed by atoms with Crippen molar-refractivity contribution in [3.05, 3.63) is 42.5 Å². The summed E-state index contributed by atoms with van der Waals surface area (Å²) in [6.07, 6.45) is 3.60. The first-order valence-electron chi connectivity index (χ1n) is 10.1. The van der Waals surface area contributed by atoms with Gasteiger partial charge >= 0.3 is 0 Å². The monoisotopic (exact) mass is 400 g/mol. The molecule has 0 aromatic heterocycles. The van der Waals surface area contributed by atoms with Gasteiger partial charge in [-0.15, -0.1) is 0 Å². The Balaban J connectivity index is 1.43. The van der Waals surface area contributed by atoms with Crippen LogP contribution in [0.4, 0.5) is 0 Å². The Bertz CT molecular complexity index is 976. The summed E-state index contributed by atoms with van der Waals surface area (Å²) in [5, 5.41) is 1.95. The van der Waals surface area contributed by atoms with Gasteiger partial charge in [0, 0.05) is 32.1 Å². The van der Waals surface area contributed by atoms with E-state index in [2.05, 4.69) is 6.92 Å². The normalized spacial score (nSPS) is 20.2. The lowest BCUT2D eigenvalue weighted by Crippen LogP contribution is -2.45. The van der Waals surface area contributed by atoms with E-state index in [1.165, 1.54) is 17.1 Å². The first kappa shape index (κ1) is 19.4. The molecule has 1 saturated carbocycles. The van der Waals surface area contributed by atoms with Crippen LogP contribution in [0.3, 0.4) is 0 Å². The molecule has 0 bridgehead atoms. The highest BCUT2D eigenvalue weighted by atomic mass is 32.2. The lowest BCUT2D eigenvalue weighted by Gasteiger charge is -2.34. The SMILES string of the molecule is CC(C1CC1)N(C)C(=O)C1CCN(S(=O)(=O)c2ccc3ccccc3c2)CC1. The molecule has 0 N–H and O–H groups in total. The van der Waals surface area contributed by atoms with Crippen molar-refractivity contribution in [2.45, 2.75) is 43.5 Å². The van der Waals surface area contributed by atoms with Crippen molar-refractivity contribution in [2.75, 3.05) is 20.1 Å². The van der Waals surface area contributed by atoms with Gasteiger partial charge in [0.1, 0.15) is 0 Å². The number of hydrogen-bond donors (Lipinski definition) is 0. The van der Waals surface area contributed by atoms with Crippen LogP contribution in [-0.2, 0) is 14.8 Å². The van der Waals surface area contributed by atoms with E-state index in [4.69, 9.17) is 0 Å². The molecule has 1 aliphatic heterocycles. The van der Waals surface area contributed by atoms with Gasteiger partial charge in [-0.05, 0) is 61.4 Å². The Labute approximate surface area is 167 Å². The van der Waals surface area contributed by atoms with Gasteiger partial charge in [0.05, 0.1) is 4.90 Å². The fraction of sp³-hybridized carbons (Fsp3) is 0.500. The van der Waals surface area contributed by atoms with Gasteiger partial charge in [0.15, 0.2) is 0 Å². The van der Waals surface area contributed by atoms with Crippen LogP contribution in [0, 0.1) is 11.8 Å². The van der Waals surface area contributed by atoms with Crippen molar-refractivity contribution >= 4 is 26.7 Å². The minimum atomic E-state index is -3.53. The van der Waals surface area contributed by atoms with Crippen molar-refractivity contribution in [1.29, 1.82) is 0 Å². The van der Waals surface area contributed by atoms with Gasteiger partial charge in [-0.25, -0.2) is 8.42 Å². The standard InChI is InChI=1S/C22H28N2O3S/c1-16(17-7-8-17)23(2)22(25)19-11-13-24(14-12-19)28(26,27)21-10-9-18-5-3-4-6-20(18)15-21/h3-6,9-10,15-17,19H,7-8,11-14H2,1-2H3. The Morgan fingerprint density at radius 2 is 1.68 bits per heavy atom. The molecule has 28 heavy (non-hydrogen) atoms. The van der Waals surface area contributed by atoms with Crippen LogP contribution < -0.4 is 0 Å². The van der Waals surface area contributed by atoms with E-state index in [-0.39, 0.29) is 17.9 Å².